The Bertz CT molecular complexity index is 483. The average Bonchev–Trinajstić information content (AvgIpc) is 2.21. The van der Waals surface area contributed by atoms with E-state index in [0.29, 0.717) is 11.1 Å². The number of halogens is 3. The number of aliphatic carboxylic acids is 1. The van der Waals surface area contributed by atoms with Crippen molar-refractivity contribution in [3.05, 3.63) is 29.3 Å². The summed E-state index contributed by atoms with van der Waals surface area (Å²) in [6, 6.07) is 4.15. The van der Waals surface area contributed by atoms with E-state index in [4.69, 9.17) is 5.11 Å². The highest BCUT2D eigenvalue weighted by atomic mass is 19.4. The molecule has 0 bridgehead atoms. The van der Waals surface area contributed by atoms with Crippen LogP contribution in [0.5, 0.6) is 0 Å². The number of carboxylic acid groups (broad SMARTS) is 1. The van der Waals surface area contributed by atoms with E-state index in [0.717, 1.165) is 0 Å². The Balaban J connectivity index is 2.98. The minimum absolute atomic E-state index is 0.0453. The molecule has 0 aromatic heterocycles. The van der Waals surface area contributed by atoms with Gasteiger partial charge in [0, 0.05) is 5.69 Å². The van der Waals surface area contributed by atoms with Gasteiger partial charge in [-0.05, 0) is 24.1 Å². The van der Waals surface area contributed by atoms with Gasteiger partial charge in [-0.25, -0.2) is 0 Å². The van der Waals surface area contributed by atoms with E-state index in [1.165, 1.54) is 25.1 Å². The molecule has 0 fully saturated rings. The molecule has 0 unspecified atom stereocenters. The number of hydrogen-bond acceptors (Lipinski definition) is 2. The van der Waals surface area contributed by atoms with Crippen molar-refractivity contribution in [3.63, 3.8) is 0 Å². The van der Waals surface area contributed by atoms with E-state index >= 15 is 0 Å². The van der Waals surface area contributed by atoms with Crippen molar-refractivity contribution < 1.29 is 27.9 Å². The molecule has 7 heteroatoms. The summed E-state index contributed by atoms with van der Waals surface area (Å²) in [5.74, 6) is -3.18. The number of benzene rings is 1. The number of nitrogens with one attached hydrogen (secondary N) is 1. The number of anilines is 1. The van der Waals surface area contributed by atoms with Crippen LogP contribution < -0.4 is 5.32 Å². The fourth-order valence-corrected chi connectivity index (χ4v) is 1.37. The third-order valence-electron chi connectivity index (χ3n) is 2.29. The van der Waals surface area contributed by atoms with Crippen LogP contribution in [-0.2, 0) is 16.0 Å². The van der Waals surface area contributed by atoms with Crippen molar-refractivity contribution in [2.24, 2.45) is 0 Å². The lowest BCUT2D eigenvalue weighted by Gasteiger charge is -2.12. The second-order valence-electron chi connectivity index (χ2n) is 3.61. The second kappa shape index (κ2) is 5.07. The third kappa shape index (κ3) is 3.47. The van der Waals surface area contributed by atoms with Gasteiger partial charge in [-0.3, -0.25) is 9.59 Å². The zero-order chi connectivity index (χ0) is 13.9. The van der Waals surface area contributed by atoms with Gasteiger partial charge in [0.1, 0.15) is 0 Å². The molecule has 4 nitrogen and oxygen atoms in total. The van der Waals surface area contributed by atoms with Crippen LogP contribution in [0.25, 0.3) is 0 Å². The second-order valence-corrected chi connectivity index (χ2v) is 3.61. The standard InChI is InChI=1S/C11H10F3NO3/c1-6-7(5-9(16)17)3-2-4-8(6)15-10(18)11(12,13)14/h2-4H,5H2,1H3,(H,15,18)(H,16,17). The zero-order valence-corrected chi connectivity index (χ0v) is 9.34. The lowest BCUT2D eigenvalue weighted by atomic mass is 10.0. The first-order chi connectivity index (χ1) is 8.21. The minimum atomic E-state index is -4.98. The number of hydrogen-bond donors (Lipinski definition) is 2. The maximum absolute atomic E-state index is 12.1. The summed E-state index contributed by atoms with van der Waals surface area (Å²) in [6.45, 7) is 1.45. The topological polar surface area (TPSA) is 66.4 Å². The molecule has 0 saturated heterocycles. The van der Waals surface area contributed by atoms with Gasteiger partial charge in [0.2, 0.25) is 0 Å². The number of amides is 1. The monoisotopic (exact) mass is 261 g/mol. The molecule has 0 aliphatic carbocycles. The Morgan fingerprint density at radius 1 is 1.33 bits per heavy atom. The Labute approximate surface area is 100 Å². The first-order valence-electron chi connectivity index (χ1n) is 4.90. The van der Waals surface area contributed by atoms with Crippen molar-refractivity contribution >= 4 is 17.6 Å². The van der Waals surface area contributed by atoms with Crippen LogP contribution in [0.2, 0.25) is 0 Å². The van der Waals surface area contributed by atoms with E-state index in [2.05, 4.69) is 0 Å². The number of rotatable bonds is 3. The van der Waals surface area contributed by atoms with E-state index in [9.17, 15) is 22.8 Å². The first-order valence-corrected chi connectivity index (χ1v) is 4.90. The molecule has 1 aromatic rings. The molecule has 98 valence electrons. The van der Waals surface area contributed by atoms with Gasteiger partial charge in [0.15, 0.2) is 0 Å². The average molecular weight is 261 g/mol. The molecule has 0 radical (unpaired) electrons. The number of carbonyl (C=O) groups is 2. The maximum Gasteiger partial charge on any atom is 0.471 e. The highest BCUT2D eigenvalue weighted by molar-refractivity contribution is 5.95. The normalized spacial score (nSPS) is 11.1. The summed E-state index contributed by atoms with van der Waals surface area (Å²) in [7, 11) is 0. The first kappa shape index (κ1) is 14.0. The summed E-state index contributed by atoms with van der Waals surface area (Å²) in [5.41, 5.74) is 0.607. The summed E-state index contributed by atoms with van der Waals surface area (Å²) in [5, 5.41) is 10.3. The fraction of sp³-hybridized carbons (Fsp3) is 0.273. The number of carboxylic acids is 1. The molecule has 2 N–H and O–H groups in total. The maximum atomic E-state index is 12.1. The van der Waals surface area contributed by atoms with Crippen LogP contribution in [-0.4, -0.2) is 23.2 Å². The summed E-state index contributed by atoms with van der Waals surface area (Å²) >= 11 is 0. The Morgan fingerprint density at radius 3 is 2.44 bits per heavy atom. The number of alkyl halides is 3. The molecule has 1 aromatic carbocycles. The Morgan fingerprint density at radius 2 is 1.94 bits per heavy atom. The highest BCUT2D eigenvalue weighted by Gasteiger charge is 2.38. The smallest absolute Gasteiger partial charge is 0.471 e. The van der Waals surface area contributed by atoms with Gasteiger partial charge in [0.05, 0.1) is 6.42 Å². The molecule has 1 rings (SSSR count). The van der Waals surface area contributed by atoms with Gasteiger partial charge in [-0.1, -0.05) is 12.1 Å². The van der Waals surface area contributed by atoms with Crippen molar-refractivity contribution in [2.75, 3.05) is 5.32 Å². The predicted molar refractivity (Wildman–Crippen MR) is 57.2 cm³/mol. The van der Waals surface area contributed by atoms with Crippen LogP contribution in [0.3, 0.4) is 0 Å². The molecule has 0 aliphatic heterocycles. The quantitative estimate of drug-likeness (QED) is 0.875. The van der Waals surface area contributed by atoms with Crippen LogP contribution in [0.1, 0.15) is 11.1 Å². The molecular weight excluding hydrogens is 251 g/mol. The van der Waals surface area contributed by atoms with Gasteiger partial charge in [0.25, 0.3) is 0 Å². The molecule has 0 heterocycles. The summed E-state index contributed by atoms with van der Waals surface area (Å²) in [6.07, 6.45) is -5.29. The highest BCUT2D eigenvalue weighted by Crippen LogP contribution is 2.23. The molecule has 0 spiro atoms. The molecule has 0 aliphatic rings. The van der Waals surface area contributed by atoms with Crippen molar-refractivity contribution in [1.29, 1.82) is 0 Å². The Kier molecular flexibility index (Phi) is 3.95. The van der Waals surface area contributed by atoms with Gasteiger partial charge < -0.3 is 10.4 Å². The SMILES string of the molecule is Cc1c(CC(=O)O)cccc1NC(=O)C(F)(F)F. The summed E-state index contributed by atoms with van der Waals surface area (Å²) in [4.78, 5) is 21.3. The van der Waals surface area contributed by atoms with Gasteiger partial charge in [-0.2, -0.15) is 13.2 Å². The van der Waals surface area contributed by atoms with E-state index in [1.807, 2.05) is 0 Å². The largest absolute Gasteiger partial charge is 0.481 e. The van der Waals surface area contributed by atoms with Crippen molar-refractivity contribution in [1.82, 2.24) is 0 Å². The molecule has 0 saturated carbocycles. The van der Waals surface area contributed by atoms with Crippen molar-refractivity contribution in [2.45, 2.75) is 19.5 Å². The van der Waals surface area contributed by atoms with E-state index in [-0.39, 0.29) is 12.1 Å². The number of carbonyl (C=O) groups excluding carboxylic acids is 1. The van der Waals surface area contributed by atoms with Crippen LogP contribution in [0.15, 0.2) is 18.2 Å². The van der Waals surface area contributed by atoms with Crippen LogP contribution in [0, 0.1) is 6.92 Å². The Hall–Kier alpha value is -2.05. The zero-order valence-electron chi connectivity index (χ0n) is 9.34. The van der Waals surface area contributed by atoms with Crippen LogP contribution in [0.4, 0.5) is 18.9 Å². The van der Waals surface area contributed by atoms with Crippen LogP contribution >= 0.6 is 0 Å². The summed E-state index contributed by atoms with van der Waals surface area (Å²) < 4.78 is 36.2. The van der Waals surface area contributed by atoms with Gasteiger partial charge >= 0.3 is 18.1 Å². The third-order valence-corrected chi connectivity index (χ3v) is 2.29. The lowest BCUT2D eigenvalue weighted by molar-refractivity contribution is -0.167. The predicted octanol–water partition coefficient (Wildman–Crippen LogP) is 2.12. The lowest BCUT2D eigenvalue weighted by Crippen LogP contribution is -2.30. The van der Waals surface area contributed by atoms with Crippen molar-refractivity contribution in [3.8, 4) is 0 Å². The molecular formula is C11H10F3NO3. The van der Waals surface area contributed by atoms with E-state index < -0.39 is 18.1 Å². The molecule has 1 amide bonds. The fourth-order valence-electron chi connectivity index (χ4n) is 1.37. The molecule has 0 atom stereocenters. The van der Waals surface area contributed by atoms with E-state index in [1.54, 1.807) is 5.32 Å². The van der Waals surface area contributed by atoms with Gasteiger partial charge in [-0.15, -0.1) is 0 Å². The minimum Gasteiger partial charge on any atom is -0.481 e. The molecule has 18 heavy (non-hydrogen) atoms.